The Bertz CT molecular complexity index is 1050. The van der Waals surface area contributed by atoms with E-state index in [1.54, 1.807) is 11.0 Å². The predicted molar refractivity (Wildman–Crippen MR) is 111 cm³/mol. The summed E-state index contributed by atoms with van der Waals surface area (Å²) in [6, 6.07) is 12.0. The lowest BCUT2D eigenvalue weighted by Crippen LogP contribution is -2.25. The molecular formula is C23H24FN3O3. The fraction of sp³-hybridized carbons (Fsp3) is 0.348. The Kier molecular flexibility index (Phi) is 5.53. The standard InChI is InChI=1S/C23H24FN3O3/c1-14(2)13-29-19-8-5-16(6-9-19)22-25-23(30-26-22)17-10-21(28)27(12-17)20-11-18(24)7-4-15(20)3/h4-9,11,14,17H,10,12-13H2,1-3H3. The van der Waals surface area contributed by atoms with Gasteiger partial charge in [-0.05, 0) is 54.8 Å². The summed E-state index contributed by atoms with van der Waals surface area (Å²) in [5.74, 6) is 1.44. The average Bonchev–Trinajstić information content (AvgIpc) is 3.36. The third-order valence-electron chi connectivity index (χ3n) is 5.07. The van der Waals surface area contributed by atoms with Gasteiger partial charge in [-0.15, -0.1) is 0 Å². The Morgan fingerprint density at radius 2 is 2.00 bits per heavy atom. The molecule has 4 rings (SSSR count). The van der Waals surface area contributed by atoms with Crippen molar-refractivity contribution in [1.29, 1.82) is 0 Å². The molecule has 1 unspecified atom stereocenters. The highest BCUT2D eigenvalue weighted by Crippen LogP contribution is 2.34. The molecule has 7 heteroatoms. The van der Waals surface area contributed by atoms with E-state index in [-0.39, 0.29) is 24.1 Å². The van der Waals surface area contributed by atoms with E-state index in [1.807, 2.05) is 31.2 Å². The molecule has 1 aromatic heterocycles. The Hall–Kier alpha value is -3.22. The number of nitrogens with zero attached hydrogens (tertiary/aromatic N) is 3. The van der Waals surface area contributed by atoms with Gasteiger partial charge in [0.1, 0.15) is 11.6 Å². The van der Waals surface area contributed by atoms with E-state index in [1.165, 1.54) is 12.1 Å². The van der Waals surface area contributed by atoms with E-state index >= 15 is 0 Å². The van der Waals surface area contributed by atoms with Crippen molar-refractivity contribution in [1.82, 2.24) is 10.1 Å². The van der Waals surface area contributed by atoms with Gasteiger partial charge >= 0.3 is 0 Å². The lowest BCUT2D eigenvalue weighted by Gasteiger charge is -2.18. The van der Waals surface area contributed by atoms with Gasteiger partial charge in [0.15, 0.2) is 0 Å². The lowest BCUT2D eigenvalue weighted by molar-refractivity contribution is -0.117. The molecule has 0 N–H and O–H groups in total. The van der Waals surface area contributed by atoms with Crippen LogP contribution in [0.2, 0.25) is 0 Å². The van der Waals surface area contributed by atoms with Crippen LogP contribution in [0.15, 0.2) is 47.0 Å². The Morgan fingerprint density at radius 1 is 1.23 bits per heavy atom. The summed E-state index contributed by atoms with van der Waals surface area (Å²) >= 11 is 0. The fourth-order valence-corrected chi connectivity index (χ4v) is 3.46. The van der Waals surface area contributed by atoms with Crippen LogP contribution >= 0.6 is 0 Å². The van der Waals surface area contributed by atoms with Crippen LogP contribution in [-0.2, 0) is 4.79 Å². The SMILES string of the molecule is Cc1ccc(F)cc1N1CC(c2nc(-c3ccc(OCC(C)C)cc3)no2)CC1=O. The largest absolute Gasteiger partial charge is 0.493 e. The lowest BCUT2D eigenvalue weighted by atomic mass is 10.1. The molecule has 0 bridgehead atoms. The van der Waals surface area contributed by atoms with E-state index < -0.39 is 0 Å². The van der Waals surface area contributed by atoms with Crippen molar-refractivity contribution in [2.75, 3.05) is 18.1 Å². The molecule has 1 fully saturated rings. The minimum atomic E-state index is -0.368. The molecule has 0 radical (unpaired) electrons. The van der Waals surface area contributed by atoms with Crippen molar-refractivity contribution in [3.63, 3.8) is 0 Å². The maximum Gasteiger partial charge on any atom is 0.232 e. The van der Waals surface area contributed by atoms with Crippen molar-refractivity contribution in [2.45, 2.75) is 33.1 Å². The molecule has 1 saturated heterocycles. The van der Waals surface area contributed by atoms with E-state index in [0.717, 1.165) is 16.9 Å². The molecule has 1 amide bonds. The molecule has 0 aliphatic carbocycles. The number of halogens is 1. The van der Waals surface area contributed by atoms with Crippen LogP contribution in [0.4, 0.5) is 10.1 Å². The highest BCUT2D eigenvalue weighted by atomic mass is 19.1. The quantitative estimate of drug-likeness (QED) is 0.588. The Labute approximate surface area is 174 Å². The van der Waals surface area contributed by atoms with Crippen molar-refractivity contribution in [3.05, 3.63) is 59.7 Å². The summed E-state index contributed by atoms with van der Waals surface area (Å²) in [6.45, 7) is 7.09. The second-order valence-corrected chi connectivity index (χ2v) is 8.02. The molecule has 2 aromatic carbocycles. The zero-order valence-electron chi connectivity index (χ0n) is 17.3. The summed E-state index contributed by atoms with van der Waals surface area (Å²) in [5.41, 5.74) is 2.24. The molecule has 3 aromatic rings. The number of amides is 1. The molecule has 0 spiro atoms. The minimum Gasteiger partial charge on any atom is -0.493 e. The molecule has 1 aliphatic heterocycles. The molecule has 2 heterocycles. The number of aryl methyl sites for hydroxylation is 1. The monoisotopic (exact) mass is 409 g/mol. The third kappa shape index (κ3) is 4.20. The van der Waals surface area contributed by atoms with Gasteiger partial charge in [-0.25, -0.2) is 4.39 Å². The smallest absolute Gasteiger partial charge is 0.232 e. The van der Waals surface area contributed by atoms with Crippen LogP contribution in [-0.4, -0.2) is 29.2 Å². The van der Waals surface area contributed by atoms with E-state index in [0.29, 0.717) is 36.5 Å². The van der Waals surface area contributed by atoms with E-state index in [2.05, 4.69) is 24.0 Å². The second-order valence-electron chi connectivity index (χ2n) is 8.02. The van der Waals surface area contributed by atoms with Gasteiger partial charge in [0.05, 0.1) is 12.5 Å². The van der Waals surface area contributed by atoms with Gasteiger partial charge in [0, 0.05) is 24.2 Å². The highest BCUT2D eigenvalue weighted by molar-refractivity contribution is 5.97. The first kappa shape index (κ1) is 20.1. The highest BCUT2D eigenvalue weighted by Gasteiger charge is 2.35. The summed E-state index contributed by atoms with van der Waals surface area (Å²) in [4.78, 5) is 18.6. The van der Waals surface area contributed by atoms with Gasteiger partial charge in [-0.1, -0.05) is 25.1 Å². The first-order valence-corrected chi connectivity index (χ1v) is 10.0. The summed E-state index contributed by atoms with van der Waals surface area (Å²) in [7, 11) is 0. The van der Waals surface area contributed by atoms with Crippen molar-refractivity contribution >= 4 is 11.6 Å². The van der Waals surface area contributed by atoms with Crippen LogP contribution < -0.4 is 9.64 Å². The number of benzene rings is 2. The summed E-state index contributed by atoms with van der Waals surface area (Å²) in [5, 5.41) is 4.07. The Balaban J connectivity index is 1.48. The topological polar surface area (TPSA) is 68.5 Å². The fourth-order valence-electron chi connectivity index (χ4n) is 3.46. The number of hydrogen-bond donors (Lipinski definition) is 0. The Morgan fingerprint density at radius 3 is 2.73 bits per heavy atom. The third-order valence-corrected chi connectivity index (χ3v) is 5.07. The first-order valence-electron chi connectivity index (χ1n) is 10.0. The number of carbonyl (C=O) groups excluding carboxylic acids is 1. The molecule has 1 atom stereocenters. The van der Waals surface area contributed by atoms with Gasteiger partial charge < -0.3 is 14.2 Å². The number of anilines is 1. The number of carbonyl (C=O) groups is 1. The van der Waals surface area contributed by atoms with Gasteiger partial charge in [-0.2, -0.15) is 4.98 Å². The van der Waals surface area contributed by atoms with Crippen LogP contribution in [0.25, 0.3) is 11.4 Å². The van der Waals surface area contributed by atoms with Gasteiger partial charge in [0.25, 0.3) is 0 Å². The van der Waals surface area contributed by atoms with Crippen molar-refractivity contribution in [2.24, 2.45) is 5.92 Å². The maximum atomic E-state index is 13.7. The van der Waals surface area contributed by atoms with Crippen molar-refractivity contribution < 1.29 is 18.4 Å². The maximum absolute atomic E-state index is 13.7. The zero-order valence-corrected chi connectivity index (χ0v) is 17.3. The van der Waals surface area contributed by atoms with E-state index in [4.69, 9.17) is 9.26 Å². The number of hydrogen-bond acceptors (Lipinski definition) is 5. The molecule has 6 nitrogen and oxygen atoms in total. The zero-order chi connectivity index (χ0) is 21.3. The van der Waals surface area contributed by atoms with Gasteiger partial charge in [0.2, 0.25) is 17.6 Å². The molecule has 156 valence electrons. The summed E-state index contributed by atoms with van der Waals surface area (Å²) in [6.07, 6.45) is 0.250. The first-order chi connectivity index (χ1) is 14.4. The minimum absolute atomic E-state index is 0.0832. The molecule has 1 aliphatic rings. The van der Waals surface area contributed by atoms with E-state index in [9.17, 15) is 9.18 Å². The molecule has 30 heavy (non-hydrogen) atoms. The average molecular weight is 409 g/mol. The number of ether oxygens (including phenoxy) is 1. The number of aromatic nitrogens is 2. The van der Waals surface area contributed by atoms with Crippen LogP contribution in [0, 0.1) is 18.7 Å². The van der Waals surface area contributed by atoms with Crippen molar-refractivity contribution in [3.8, 4) is 17.1 Å². The summed E-state index contributed by atoms with van der Waals surface area (Å²) < 4.78 is 24.8. The number of rotatable bonds is 6. The molecule has 0 saturated carbocycles. The van der Waals surface area contributed by atoms with Crippen LogP contribution in [0.5, 0.6) is 5.75 Å². The van der Waals surface area contributed by atoms with Crippen LogP contribution in [0.3, 0.4) is 0 Å². The van der Waals surface area contributed by atoms with Gasteiger partial charge in [-0.3, -0.25) is 4.79 Å². The second kappa shape index (κ2) is 8.26. The van der Waals surface area contributed by atoms with Crippen LogP contribution in [0.1, 0.15) is 37.6 Å². The molecular weight excluding hydrogens is 385 g/mol. The predicted octanol–water partition coefficient (Wildman–Crippen LogP) is 4.74. The normalized spacial score (nSPS) is 16.5.